The Hall–Kier alpha value is -0.120. The third-order valence-corrected chi connectivity index (χ3v) is 3.23. The maximum Gasteiger partial charge on any atom is 0.0477 e. The summed E-state index contributed by atoms with van der Waals surface area (Å²) in [5, 5.41) is 3.64. The highest BCUT2D eigenvalue weighted by Crippen LogP contribution is 2.10. The molecule has 0 aliphatic carbocycles. The highest BCUT2D eigenvalue weighted by Gasteiger charge is 2.17. The van der Waals surface area contributed by atoms with Crippen molar-refractivity contribution in [2.75, 3.05) is 39.4 Å². The third-order valence-electron chi connectivity index (χ3n) is 3.23. The van der Waals surface area contributed by atoms with Crippen molar-refractivity contribution >= 4 is 0 Å². The molecule has 1 fully saturated rings. The molecule has 1 rings (SSSR count). The standard InChI is InChI=1S/C13H28N2O/c1-3-9-15-10-6-13(7-11-15)14-8-5-12-16-4-2/h13-14H,3-12H2,1-2H3. The van der Waals surface area contributed by atoms with Crippen molar-refractivity contribution in [3.63, 3.8) is 0 Å². The van der Waals surface area contributed by atoms with Gasteiger partial charge in [0.2, 0.25) is 0 Å². The highest BCUT2D eigenvalue weighted by molar-refractivity contribution is 4.76. The van der Waals surface area contributed by atoms with E-state index in [9.17, 15) is 0 Å². The van der Waals surface area contributed by atoms with Crippen LogP contribution in [0.1, 0.15) is 39.5 Å². The van der Waals surface area contributed by atoms with Gasteiger partial charge < -0.3 is 15.0 Å². The molecular formula is C13H28N2O. The number of hydrogen-bond donors (Lipinski definition) is 1. The summed E-state index contributed by atoms with van der Waals surface area (Å²) in [5.74, 6) is 0. The fraction of sp³-hybridized carbons (Fsp3) is 1.00. The SMILES string of the molecule is CCCN1CCC(NCCCOCC)CC1. The van der Waals surface area contributed by atoms with E-state index in [0.717, 1.165) is 32.2 Å². The van der Waals surface area contributed by atoms with Crippen molar-refractivity contribution in [2.45, 2.75) is 45.6 Å². The van der Waals surface area contributed by atoms with Gasteiger partial charge in [-0.05, 0) is 58.8 Å². The summed E-state index contributed by atoms with van der Waals surface area (Å²) in [6, 6.07) is 0.745. The normalized spacial score (nSPS) is 19.1. The fourth-order valence-corrected chi connectivity index (χ4v) is 2.30. The van der Waals surface area contributed by atoms with Crippen molar-refractivity contribution in [1.82, 2.24) is 10.2 Å². The minimum Gasteiger partial charge on any atom is -0.382 e. The molecule has 1 aliphatic rings. The van der Waals surface area contributed by atoms with E-state index >= 15 is 0 Å². The molecule has 1 heterocycles. The molecule has 0 atom stereocenters. The molecule has 0 spiro atoms. The van der Waals surface area contributed by atoms with Crippen LogP contribution in [0.15, 0.2) is 0 Å². The van der Waals surface area contributed by atoms with Crippen LogP contribution in [0.25, 0.3) is 0 Å². The zero-order chi connectivity index (χ0) is 11.6. The summed E-state index contributed by atoms with van der Waals surface area (Å²) >= 11 is 0. The van der Waals surface area contributed by atoms with Gasteiger partial charge in [0, 0.05) is 19.3 Å². The smallest absolute Gasteiger partial charge is 0.0477 e. The van der Waals surface area contributed by atoms with Crippen molar-refractivity contribution in [1.29, 1.82) is 0 Å². The van der Waals surface area contributed by atoms with Crippen molar-refractivity contribution < 1.29 is 4.74 Å². The van der Waals surface area contributed by atoms with Gasteiger partial charge in [-0.2, -0.15) is 0 Å². The first-order chi connectivity index (χ1) is 7.86. The molecule has 1 aliphatic heterocycles. The van der Waals surface area contributed by atoms with Gasteiger partial charge in [-0.1, -0.05) is 6.92 Å². The second kappa shape index (κ2) is 8.97. The number of likely N-dealkylation sites (tertiary alicyclic amines) is 1. The van der Waals surface area contributed by atoms with E-state index < -0.39 is 0 Å². The second-order valence-electron chi connectivity index (χ2n) is 4.62. The van der Waals surface area contributed by atoms with E-state index in [1.807, 2.05) is 0 Å². The van der Waals surface area contributed by atoms with Gasteiger partial charge in [0.1, 0.15) is 0 Å². The molecule has 0 aromatic rings. The molecular weight excluding hydrogens is 200 g/mol. The molecule has 3 heteroatoms. The van der Waals surface area contributed by atoms with Crippen LogP contribution in [0.3, 0.4) is 0 Å². The Labute approximate surface area is 101 Å². The summed E-state index contributed by atoms with van der Waals surface area (Å²) in [6.45, 7) is 11.0. The van der Waals surface area contributed by atoms with Crippen molar-refractivity contribution in [3.05, 3.63) is 0 Å². The van der Waals surface area contributed by atoms with Gasteiger partial charge in [-0.15, -0.1) is 0 Å². The topological polar surface area (TPSA) is 24.5 Å². The maximum atomic E-state index is 5.32. The average molecular weight is 228 g/mol. The van der Waals surface area contributed by atoms with Gasteiger partial charge in [0.15, 0.2) is 0 Å². The van der Waals surface area contributed by atoms with Gasteiger partial charge in [-0.3, -0.25) is 0 Å². The van der Waals surface area contributed by atoms with E-state index in [1.54, 1.807) is 0 Å². The van der Waals surface area contributed by atoms with E-state index in [4.69, 9.17) is 4.74 Å². The number of nitrogens with one attached hydrogen (secondary N) is 1. The molecule has 1 N–H and O–H groups in total. The van der Waals surface area contributed by atoms with Gasteiger partial charge in [0.25, 0.3) is 0 Å². The first-order valence-electron chi connectivity index (χ1n) is 6.90. The van der Waals surface area contributed by atoms with Crippen LogP contribution in [0, 0.1) is 0 Å². The average Bonchev–Trinajstić information content (AvgIpc) is 2.31. The minimum atomic E-state index is 0.745. The number of ether oxygens (including phenoxy) is 1. The van der Waals surface area contributed by atoms with E-state index in [1.165, 1.54) is 38.9 Å². The number of rotatable bonds is 8. The molecule has 0 aromatic heterocycles. The molecule has 0 bridgehead atoms. The number of nitrogens with zero attached hydrogens (tertiary/aromatic N) is 1. The van der Waals surface area contributed by atoms with Crippen LogP contribution >= 0.6 is 0 Å². The van der Waals surface area contributed by atoms with Gasteiger partial charge >= 0.3 is 0 Å². The van der Waals surface area contributed by atoms with Crippen molar-refractivity contribution in [2.24, 2.45) is 0 Å². The lowest BCUT2D eigenvalue weighted by atomic mass is 10.0. The maximum absolute atomic E-state index is 5.32. The molecule has 3 nitrogen and oxygen atoms in total. The van der Waals surface area contributed by atoms with E-state index in [-0.39, 0.29) is 0 Å². The molecule has 16 heavy (non-hydrogen) atoms. The zero-order valence-electron chi connectivity index (χ0n) is 11.0. The van der Waals surface area contributed by atoms with Gasteiger partial charge in [-0.25, -0.2) is 0 Å². The monoisotopic (exact) mass is 228 g/mol. The minimum absolute atomic E-state index is 0.745. The van der Waals surface area contributed by atoms with Crippen molar-refractivity contribution in [3.8, 4) is 0 Å². The summed E-state index contributed by atoms with van der Waals surface area (Å²) in [4.78, 5) is 2.58. The quantitative estimate of drug-likeness (QED) is 0.642. The van der Waals surface area contributed by atoms with E-state index in [0.29, 0.717) is 0 Å². The number of piperidine rings is 1. The van der Waals surface area contributed by atoms with Crippen LogP contribution in [0.4, 0.5) is 0 Å². The summed E-state index contributed by atoms with van der Waals surface area (Å²) in [6.07, 6.45) is 5.05. The second-order valence-corrected chi connectivity index (χ2v) is 4.62. The first kappa shape index (κ1) is 13.9. The predicted octanol–water partition coefficient (Wildman–Crippen LogP) is 1.88. The Balaban J connectivity index is 1.95. The van der Waals surface area contributed by atoms with Crippen LogP contribution < -0.4 is 5.32 Å². The fourth-order valence-electron chi connectivity index (χ4n) is 2.30. The third kappa shape index (κ3) is 5.83. The van der Waals surface area contributed by atoms with Crippen LogP contribution in [0.5, 0.6) is 0 Å². The summed E-state index contributed by atoms with van der Waals surface area (Å²) < 4.78 is 5.32. The molecule has 0 amide bonds. The zero-order valence-corrected chi connectivity index (χ0v) is 11.0. The molecule has 1 saturated heterocycles. The lowest BCUT2D eigenvalue weighted by molar-refractivity contribution is 0.141. The highest BCUT2D eigenvalue weighted by atomic mass is 16.5. The Kier molecular flexibility index (Phi) is 7.81. The Morgan fingerprint density at radius 3 is 2.62 bits per heavy atom. The lowest BCUT2D eigenvalue weighted by Crippen LogP contribution is -2.43. The molecule has 0 aromatic carbocycles. The van der Waals surface area contributed by atoms with Crippen LogP contribution in [-0.2, 0) is 4.74 Å². The molecule has 0 saturated carbocycles. The summed E-state index contributed by atoms with van der Waals surface area (Å²) in [5.41, 5.74) is 0. The van der Waals surface area contributed by atoms with E-state index in [2.05, 4.69) is 24.1 Å². The number of hydrogen-bond acceptors (Lipinski definition) is 3. The molecule has 96 valence electrons. The Morgan fingerprint density at radius 2 is 2.00 bits per heavy atom. The lowest BCUT2D eigenvalue weighted by Gasteiger charge is -2.32. The molecule has 0 unspecified atom stereocenters. The van der Waals surface area contributed by atoms with Gasteiger partial charge in [0.05, 0.1) is 0 Å². The summed E-state index contributed by atoms with van der Waals surface area (Å²) in [7, 11) is 0. The largest absolute Gasteiger partial charge is 0.382 e. The van der Waals surface area contributed by atoms with Crippen LogP contribution in [0.2, 0.25) is 0 Å². The van der Waals surface area contributed by atoms with Crippen LogP contribution in [-0.4, -0.2) is 50.3 Å². The first-order valence-corrected chi connectivity index (χ1v) is 6.90. The molecule has 0 radical (unpaired) electrons. The Morgan fingerprint density at radius 1 is 1.25 bits per heavy atom. The Bertz CT molecular complexity index is 156. The predicted molar refractivity (Wildman–Crippen MR) is 68.9 cm³/mol.